The molecular weight excluding hydrogens is 262 g/mol. The smallest absolute Gasteiger partial charge is 0.308 e. The summed E-state index contributed by atoms with van der Waals surface area (Å²) in [4.78, 5) is 13.9. The van der Waals surface area contributed by atoms with Gasteiger partial charge < -0.3 is 9.84 Å². The van der Waals surface area contributed by atoms with Crippen LogP contribution < -0.4 is 0 Å². The summed E-state index contributed by atoms with van der Waals surface area (Å²) in [6.07, 6.45) is 1.76. The standard InChI is InChI=1S/C14H19NO3S/c16-13(17)12-8-15(7-11-1-6-19-9-11)10-14(12)2-4-18-5-3-14/h1,6,9,12H,2-5,7-8,10H2,(H,16,17). The Balaban J connectivity index is 1.74. The Hall–Kier alpha value is -0.910. The van der Waals surface area contributed by atoms with E-state index in [-0.39, 0.29) is 11.3 Å². The van der Waals surface area contributed by atoms with Gasteiger partial charge in [-0.3, -0.25) is 9.69 Å². The minimum atomic E-state index is -0.644. The predicted molar refractivity (Wildman–Crippen MR) is 73.2 cm³/mol. The molecule has 5 heteroatoms. The van der Waals surface area contributed by atoms with Crippen molar-refractivity contribution < 1.29 is 14.6 Å². The van der Waals surface area contributed by atoms with E-state index in [0.29, 0.717) is 19.8 Å². The molecule has 0 aromatic carbocycles. The third kappa shape index (κ3) is 2.55. The van der Waals surface area contributed by atoms with Crippen LogP contribution in [0.1, 0.15) is 18.4 Å². The molecule has 2 aliphatic heterocycles. The zero-order valence-electron chi connectivity index (χ0n) is 10.9. The molecule has 3 rings (SSSR count). The molecule has 1 aromatic rings. The van der Waals surface area contributed by atoms with E-state index in [9.17, 15) is 9.90 Å². The number of rotatable bonds is 3. The van der Waals surface area contributed by atoms with Gasteiger partial charge in [-0.05, 0) is 35.2 Å². The van der Waals surface area contributed by atoms with Crippen molar-refractivity contribution in [3.05, 3.63) is 22.4 Å². The first-order valence-electron chi connectivity index (χ1n) is 6.74. The number of hydrogen-bond donors (Lipinski definition) is 1. The predicted octanol–water partition coefficient (Wildman–Crippen LogP) is 2.06. The number of likely N-dealkylation sites (tertiary alicyclic amines) is 1. The monoisotopic (exact) mass is 281 g/mol. The van der Waals surface area contributed by atoms with E-state index in [0.717, 1.165) is 25.9 Å². The highest BCUT2D eigenvalue weighted by atomic mass is 32.1. The molecule has 2 fully saturated rings. The molecule has 19 heavy (non-hydrogen) atoms. The van der Waals surface area contributed by atoms with Gasteiger partial charge in [-0.25, -0.2) is 0 Å². The number of carboxylic acids is 1. The summed E-state index contributed by atoms with van der Waals surface area (Å²) in [5, 5.41) is 13.7. The van der Waals surface area contributed by atoms with E-state index in [2.05, 4.69) is 21.7 Å². The highest BCUT2D eigenvalue weighted by Crippen LogP contribution is 2.44. The molecule has 1 unspecified atom stereocenters. The van der Waals surface area contributed by atoms with Gasteiger partial charge in [-0.15, -0.1) is 0 Å². The van der Waals surface area contributed by atoms with Gasteiger partial charge in [-0.2, -0.15) is 11.3 Å². The summed E-state index contributed by atoms with van der Waals surface area (Å²) in [6.45, 7) is 3.84. The largest absolute Gasteiger partial charge is 0.481 e. The molecule has 1 atom stereocenters. The average molecular weight is 281 g/mol. The van der Waals surface area contributed by atoms with E-state index >= 15 is 0 Å². The maximum atomic E-state index is 11.6. The van der Waals surface area contributed by atoms with Crippen LogP contribution in [0.4, 0.5) is 0 Å². The minimum absolute atomic E-state index is 0.0693. The fourth-order valence-electron chi connectivity index (χ4n) is 3.46. The first-order valence-corrected chi connectivity index (χ1v) is 7.68. The maximum absolute atomic E-state index is 11.6. The first-order chi connectivity index (χ1) is 9.20. The second-order valence-corrected chi connectivity index (χ2v) is 6.45. The van der Waals surface area contributed by atoms with Gasteiger partial charge in [0.05, 0.1) is 5.92 Å². The molecular formula is C14H19NO3S. The van der Waals surface area contributed by atoms with Crippen LogP contribution in [-0.4, -0.2) is 42.3 Å². The zero-order valence-corrected chi connectivity index (χ0v) is 11.7. The molecule has 2 aliphatic rings. The van der Waals surface area contributed by atoms with Crippen molar-refractivity contribution in [2.24, 2.45) is 11.3 Å². The quantitative estimate of drug-likeness (QED) is 0.921. The number of aliphatic carboxylic acids is 1. The van der Waals surface area contributed by atoms with Gasteiger partial charge in [0.2, 0.25) is 0 Å². The normalized spacial score (nSPS) is 26.8. The van der Waals surface area contributed by atoms with Gasteiger partial charge in [0, 0.05) is 38.3 Å². The number of ether oxygens (including phenoxy) is 1. The Morgan fingerprint density at radius 2 is 2.32 bits per heavy atom. The van der Waals surface area contributed by atoms with Crippen molar-refractivity contribution in [2.45, 2.75) is 19.4 Å². The summed E-state index contributed by atoms with van der Waals surface area (Å²) in [7, 11) is 0. The van der Waals surface area contributed by atoms with E-state index in [1.165, 1.54) is 5.56 Å². The van der Waals surface area contributed by atoms with Crippen LogP contribution in [0.15, 0.2) is 16.8 Å². The number of carboxylic acid groups (broad SMARTS) is 1. The summed E-state index contributed by atoms with van der Waals surface area (Å²) in [5.74, 6) is -0.884. The van der Waals surface area contributed by atoms with E-state index in [4.69, 9.17) is 4.74 Å². The fraction of sp³-hybridized carbons (Fsp3) is 0.643. The Kier molecular flexibility index (Phi) is 3.60. The lowest BCUT2D eigenvalue weighted by molar-refractivity contribution is -0.146. The topological polar surface area (TPSA) is 49.8 Å². The Labute approximate surface area is 117 Å². The zero-order chi connectivity index (χ0) is 13.3. The Morgan fingerprint density at radius 1 is 1.53 bits per heavy atom. The lowest BCUT2D eigenvalue weighted by atomic mass is 9.72. The van der Waals surface area contributed by atoms with Crippen molar-refractivity contribution in [1.29, 1.82) is 0 Å². The molecule has 0 bridgehead atoms. The highest BCUT2D eigenvalue weighted by molar-refractivity contribution is 7.07. The van der Waals surface area contributed by atoms with Crippen molar-refractivity contribution >= 4 is 17.3 Å². The summed E-state index contributed by atoms with van der Waals surface area (Å²) in [6, 6.07) is 2.12. The van der Waals surface area contributed by atoms with Crippen LogP contribution in [0, 0.1) is 11.3 Å². The van der Waals surface area contributed by atoms with Crippen molar-refractivity contribution in [2.75, 3.05) is 26.3 Å². The summed E-state index contributed by atoms with van der Waals surface area (Å²) < 4.78 is 5.42. The number of thiophene rings is 1. The van der Waals surface area contributed by atoms with Crippen molar-refractivity contribution in [3.63, 3.8) is 0 Å². The molecule has 104 valence electrons. The van der Waals surface area contributed by atoms with Crippen molar-refractivity contribution in [3.8, 4) is 0 Å². The molecule has 0 saturated carbocycles. The minimum Gasteiger partial charge on any atom is -0.481 e. The fourth-order valence-corrected chi connectivity index (χ4v) is 4.12. The van der Waals surface area contributed by atoms with Crippen LogP contribution in [0.25, 0.3) is 0 Å². The van der Waals surface area contributed by atoms with Crippen LogP contribution >= 0.6 is 11.3 Å². The molecule has 0 aliphatic carbocycles. The average Bonchev–Trinajstić information content (AvgIpc) is 2.99. The summed E-state index contributed by atoms with van der Waals surface area (Å²) in [5.41, 5.74) is 1.22. The molecule has 0 amide bonds. The van der Waals surface area contributed by atoms with Crippen LogP contribution in [-0.2, 0) is 16.1 Å². The summed E-state index contributed by atoms with van der Waals surface area (Å²) >= 11 is 1.69. The second-order valence-electron chi connectivity index (χ2n) is 5.67. The van der Waals surface area contributed by atoms with Gasteiger partial charge in [0.15, 0.2) is 0 Å². The second kappa shape index (κ2) is 5.23. The van der Waals surface area contributed by atoms with Gasteiger partial charge >= 0.3 is 5.97 Å². The van der Waals surface area contributed by atoms with Gasteiger partial charge in [-0.1, -0.05) is 0 Å². The van der Waals surface area contributed by atoms with Gasteiger partial charge in [0.25, 0.3) is 0 Å². The molecule has 1 spiro atoms. The SMILES string of the molecule is O=C(O)C1CN(Cc2ccsc2)CC12CCOCC2. The third-order valence-corrected chi connectivity index (χ3v) is 5.22. The lowest BCUT2D eigenvalue weighted by Gasteiger charge is -2.36. The molecule has 4 nitrogen and oxygen atoms in total. The number of hydrogen-bond acceptors (Lipinski definition) is 4. The number of carbonyl (C=O) groups is 1. The highest BCUT2D eigenvalue weighted by Gasteiger charge is 2.50. The Morgan fingerprint density at radius 3 is 2.95 bits per heavy atom. The van der Waals surface area contributed by atoms with E-state index < -0.39 is 5.97 Å². The van der Waals surface area contributed by atoms with Gasteiger partial charge in [0.1, 0.15) is 0 Å². The molecule has 0 radical (unpaired) electrons. The van der Waals surface area contributed by atoms with Crippen molar-refractivity contribution in [1.82, 2.24) is 4.90 Å². The van der Waals surface area contributed by atoms with Crippen LogP contribution in [0.3, 0.4) is 0 Å². The molecule has 1 N–H and O–H groups in total. The first kappa shape index (κ1) is 13.1. The third-order valence-electron chi connectivity index (χ3n) is 4.49. The molecule has 2 saturated heterocycles. The molecule has 1 aromatic heterocycles. The molecule has 3 heterocycles. The van der Waals surface area contributed by atoms with E-state index in [1.807, 2.05) is 0 Å². The maximum Gasteiger partial charge on any atom is 0.308 e. The lowest BCUT2D eigenvalue weighted by Crippen LogP contribution is -2.40. The Bertz CT molecular complexity index is 440. The number of nitrogens with zero attached hydrogens (tertiary/aromatic N) is 1. The van der Waals surface area contributed by atoms with Crippen LogP contribution in [0.2, 0.25) is 0 Å². The van der Waals surface area contributed by atoms with E-state index in [1.54, 1.807) is 11.3 Å². The van der Waals surface area contributed by atoms with Crippen LogP contribution in [0.5, 0.6) is 0 Å².